The van der Waals surface area contributed by atoms with E-state index in [-0.39, 0.29) is 6.10 Å². The van der Waals surface area contributed by atoms with Crippen LogP contribution in [0.3, 0.4) is 0 Å². The number of likely N-dealkylation sites (tertiary alicyclic amines) is 1. The Labute approximate surface area is 123 Å². The second-order valence-electron chi connectivity index (χ2n) is 6.74. The van der Waals surface area contributed by atoms with E-state index in [0.29, 0.717) is 25.1 Å². The molecular weight excluding hydrogens is 252 g/mol. The van der Waals surface area contributed by atoms with Gasteiger partial charge in [0.1, 0.15) is 5.60 Å². The first-order chi connectivity index (χ1) is 9.55. The summed E-state index contributed by atoms with van der Waals surface area (Å²) in [5, 5.41) is 14.1. The third kappa shape index (κ3) is 3.94. The Hall–Kier alpha value is -0.160. The summed E-state index contributed by atoms with van der Waals surface area (Å²) < 4.78 is 5.50. The van der Waals surface area contributed by atoms with Crippen LogP contribution in [0.5, 0.6) is 0 Å². The molecule has 0 aliphatic carbocycles. The molecule has 0 amide bonds. The lowest BCUT2D eigenvalue weighted by Crippen LogP contribution is -2.51. The lowest BCUT2D eigenvalue weighted by molar-refractivity contribution is -0.0290. The average molecular weight is 284 g/mol. The van der Waals surface area contributed by atoms with E-state index in [0.717, 1.165) is 6.42 Å². The summed E-state index contributed by atoms with van der Waals surface area (Å²) in [5.41, 5.74) is -0.675. The zero-order valence-corrected chi connectivity index (χ0v) is 13.4. The molecule has 2 aliphatic rings. The zero-order chi connectivity index (χ0) is 14.6. The molecule has 2 rings (SSSR count). The summed E-state index contributed by atoms with van der Waals surface area (Å²) >= 11 is 0. The molecule has 20 heavy (non-hydrogen) atoms. The molecule has 4 atom stereocenters. The number of hydrogen-bond donors (Lipinski definition) is 2. The third-order valence-electron chi connectivity index (χ3n) is 5.18. The molecule has 0 saturated carbocycles. The van der Waals surface area contributed by atoms with Gasteiger partial charge >= 0.3 is 0 Å². The molecule has 2 aliphatic heterocycles. The van der Waals surface area contributed by atoms with Crippen molar-refractivity contribution < 1.29 is 9.84 Å². The molecule has 0 aromatic carbocycles. The van der Waals surface area contributed by atoms with Gasteiger partial charge in [0.2, 0.25) is 0 Å². The van der Waals surface area contributed by atoms with Gasteiger partial charge in [-0.1, -0.05) is 6.92 Å². The van der Waals surface area contributed by atoms with Crippen molar-refractivity contribution in [2.45, 2.75) is 64.2 Å². The molecule has 0 spiro atoms. The van der Waals surface area contributed by atoms with Gasteiger partial charge in [-0.15, -0.1) is 0 Å². The van der Waals surface area contributed by atoms with Crippen LogP contribution in [0.4, 0.5) is 0 Å². The quantitative estimate of drug-likeness (QED) is 0.778. The molecule has 4 heteroatoms. The van der Waals surface area contributed by atoms with Crippen LogP contribution in [0.1, 0.15) is 46.5 Å². The van der Waals surface area contributed by atoms with Crippen molar-refractivity contribution >= 4 is 0 Å². The minimum atomic E-state index is -0.675. The molecule has 2 N–H and O–H groups in total. The highest BCUT2D eigenvalue weighted by Gasteiger charge is 2.39. The fourth-order valence-corrected chi connectivity index (χ4v) is 3.53. The summed E-state index contributed by atoms with van der Waals surface area (Å²) in [4.78, 5) is 2.59. The molecular formula is C16H32N2O2. The van der Waals surface area contributed by atoms with Gasteiger partial charge in [0.25, 0.3) is 0 Å². The molecule has 0 bridgehead atoms. The third-order valence-corrected chi connectivity index (χ3v) is 5.18. The van der Waals surface area contributed by atoms with E-state index >= 15 is 0 Å². The standard InChI is InChI=1S/C16H32N2O2/c1-4-8-18-9-5-6-15(11-18)13(2)17-12-16(19)7-10-20-14(16)3/h13-15,17,19H,4-12H2,1-3H3. The maximum atomic E-state index is 10.5. The van der Waals surface area contributed by atoms with Crippen molar-refractivity contribution in [1.29, 1.82) is 0 Å². The summed E-state index contributed by atoms with van der Waals surface area (Å²) in [7, 11) is 0. The smallest absolute Gasteiger partial charge is 0.105 e. The van der Waals surface area contributed by atoms with Crippen molar-refractivity contribution in [2.75, 3.05) is 32.8 Å². The summed E-state index contributed by atoms with van der Waals surface area (Å²) in [6, 6.07) is 0.464. The normalized spacial score (nSPS) is 37.2. The van der Waals surface area contributed by atoms with Gasteiger partial charge < -0.3 is 20.1 Å². The van der Waals surface area contributed by atoms with Crippen LogP contribution < -0.4 is 5.32 Å². The lowest BCUT2D eigenvalue weighted by Gasteiger charge is -2.37. The van der Waals surface area contributed by atoms with Gasteiger partial charge in [-0.05, 0) is 52.1 Å². The van der Waals surface area contributed by atoms with E-state index in [9.17, 15) is 5.11 Å². The van der Waals surface area contributed by atoms with Crippen LogP contribution in [-0.2, 0) is 4.74 Å². The zero-order valence-electron chi connectivity index (χ0n) is 13.4. The first-order valence-electron chi connectivity index (χ1n) is 8.35. The summed E-state index contributed by atoms with van der Waals surface area (Å²) in [5.74, 6) is 0.705. The highest BCUT2D eigenvalue weighted by atomic mass is 16.5. The minimum absolute atomic E-state index is 0.0508. The maximum Gasteiger partial charge on any atom is 0.105 e. The first-order valence-corrected chi connectivity index (χ1v) is 8.35. The number of piperidine rings is 1. The van der Waals surface area contributed by atoms with Gasteiger partial charge in [-0.25, -0.2) is 0 Å². The SMILES string of the molecule is CCCN1CCCC(C(C)NCC2(O)CCOC2C)C1. The van der Waals surface area contributed by atoms with Crippen molar-refractivity contribution in [3.05, 3.63) is 0 Å². The highest BCUT2D eigenvalue weighted by molar-refractivity contribution is 4.93. The fourth-order valence-electron chi connectivity index (χ4n) is 3.53. The maximum absolute atomic E-state index is 10.5. The van der Waals surface area contributed by atoms with E-state index in [1.165, 1.54) is 38.9 Å². The molecule has 0 aromatic heterocycles. The van der Waals surface area contributed by atoms with Crippen LogP contribution in [-0.4, -0.2) is 60.5 Å². The monoisotopic (exact) mass is 284 g/mol. The Bertz CT molecular complexity index is 298. The molecule has 2 saturated heterocycles. The minimum Gasteiger partial charge on any atom is -0.386 e. The highest BCUT2D eigenvalue weighted by Crippen LogP contribution is 2.26. The molecule has 0 radical (unpaired) electrons. The van der Waals surface area contributed by atoms with E-state index in [2.05, 4.69) is 24.1 Å². The van der Waals surface area contributed by atoms with Gasteiger partial charge in [0, 0.05) is 32.2 Å². The van der Waals surface area contributed by atoms with Crippen LogP contribution in [0.15, 0.2) is 0 Å². The van der Waals surface area contributed by atoms with Gasteiger partial charge in [-0.3, -0.25) is 0 Å². The number of nitrogens with one attached hydrogen (secondary N) is 1. The van der Waals surface area contributed by atoms with Crippen molar-refractivity contribution in [3.8, 4) is 0 Å². The van der Waals surface area contributed by atoms with Crippen LogP contribution >= 0.6 is 0 Å². The number of rotatable bonds is 6. The molecule has 118 valence electrons. The van der Waals surface area contributed by atoms with Crippen molar-refractivity contribution in [3.63, 3.8) is 0 Å². The Balaban J connectivity index is 1.78. The van der Waals surface area contributed by atoms with Crippen LogP contribution in [0.25, 0.3) is 0 Å². The number of hydrogen-bond acceptors (Lipinski definition) is 4. The predicted octanol–water partition coefficient (Wildman–Crippen LogP) is 1.63. The summed E-state index contributed by atoms with van der Waals surface area (Å²) in [6.07, 6.45) is 4.55. The summed E-state index contributed by atoms with van der Waals surface area (Å²) in [6.45, 7) is 11.5. The largest absolute Gasteiger partial charge is 0.386 e. The Morgan fingerprint density at radius 2 is 2.30 bits per heavy atom. The van der Waals surface area contributed by atoms with Gasteiger partial charge in [-0.2, -0.15) is 0 Å². The second-order valence-corrected chi connectivity index (χ2v) is 6.74. The van der Waals surface area contributed by atoms with E-state index in [4.69, 9.17) is 4.74 Å². The Morgan fingerprint density at radius 1 is 1.50 bits per heavy atom. The van der Waals surface area contributed by atoms with Crippen molar-refractivity contribution in [2.24, 2.45) is 5.92 Å². The fraction of sp³-hybridized carbons (Fsp3) is 1.00. The Kier molecular flexibility index (Phi) is 5.84. The van der Waals surface area contributed by atoms with Gasteiger partial charge in [0.15, 0.2) is 0 Å². The van der Waals surface area contributed by atoms with E-state index in [1.807, 2.05) is 6.92 Å². The lowest BCUT2D eigenvalue weighted by atomic mass is 9.90. The average Bonchev–Trinajstić information content (AvgIpc) is 2.77. The molecule has 4 nitrogen and oxygen atoms in total. The van der Waals surface area contributed by atoms with Crippen LogP contribution in [0.2, 0.25) is 0 Å². The predicted molar refractivity (Wildman–Crippen MR) is 81.9 cm³/mol. The topological polar surface area (TPSA) is 44.7 Å². The van der Waals surface area contributed by atoms with E-state index < -0.39 is 5.60 Å². The number of nitrogens with zero attached hydrogens (tertiary/aromatic N) is 1. The Morgan fingerprint density at radius 3 is 2.95 bits per heavy atom. The number of ether oxygens (including phenoxy) is 1. The van der Waals surface area contributed by atoms with Crippen LogP contribution in [0, 0.1) is 5.92 Å². The van der Waals surface area contributed by atoms with E-state index in [1.54, 1.807) is 0 Å². The van der Waals surface area contributed by atoms with Crippen molar-refractivity contribution in [1.82, 2.24) is 10.2 Å². The molecule has 4 unspecified atom stereocenters. The van der Waals surface area contributed by atoms with Gasteiger partial charge in [0.05, 0.1) is 6.10 Å². The molecule has 2 heterocycles. The number of aliphatic hydroxyl groups is 1. The second kappa shape index (κ2) is 7.21. The molecule has 0 aromatic rings. The first kappa shape index (κ1) is 16.2. The molecule has 2 fully saturated rings.